The Kier molecular flexibility index (Phi) is 7.57. The molecule has 0 saturated heterocycles. The van der Waals surface area contributed by atoms with Crippen LogP contribution in [0.5, 0.6) is 5.75 Å². The minimum Gasteiger partial charge on any atom is -0.463 e. The van der Waals surface area contributed by atoms with Gasteiger partial charge in [0.15, 0.2) is 0 Å². The quantitative estimate of drug-likeness (QED) is 0.480. The summed E-state index contributed by atoms with van der Waals surface area (Å²) in [6.07, 6.45) is 9.44. The highest BCUT2D eigenvalue weighted by molar-refractivity contribution is 5.21. The van der Waals surface area contributed by atoms with Gasteiger partial charge in [-0.25, -0.2) is 0 Å². The monoisotopic (exact) mass is 264 g/mol. The van der Waals surface area contributed by atoms with Crippen LogP contribution >= 0.6 is 0 Å². The summed E-state index contributed by atoms with van der Waals surface area (Å²) in [5, 5.41) is 10.2. The summed E-state index contributed by atoms with van der Waals surface area (Å²) in [7, 11) is 0. The summed E-state index contributed by atoms with van der Waals surface area (Å²) in [5.41, 5.74) is 0. The molecule has 1 N–H and O–H groups in total. The van der Waals surface area contributed by atoms with Crippen molar-refractivity contribution >= 4 is 0 Å². The highest BCUT2D eigenvalue weighted by Crippen LogP contribution is 2.21. The molecule has 2 heteroatoms. The molecule has 0 aliphatic carbocycles. The van der Waals surface area contributed by atoms with E-state index >= 15 is 0 Å². The molecule has 1 atom stereocenters. The first-order valence-electron chi connectivity index (χ1n) is 7.60. The van der Waals surface area contributed by atoms with E-state index in [9.17, 15) is 5.11 Å². The number of unbranched alkanes of at least 4 members (excludes halogenated alkanes) is 6. The van der Waals surface area contributed by atoms with Crippen LogP contribution in [0.3, 0.4) is 0 Å². The van der Waals surface area contributed by atoms with Crippen molar-refractivity contribution in [1.29, 1.82) is 0 Å². The molecule has 0 heterocycles. The SMILES string of the molecule is CCCCCCCCCC(C)(O)Oc1ccccc1. The molecule has 1 unspecified atom stereocenters. The van der Waals surface area contributed by atoms with Crippen LogP contribution in [-0.4, -0.2) is 10.9 Å². The van der Waals surface area contributed by atoms with Crippen LogP contribution < -0.4 is 4.74 Å². The van der Waals surface area contributed by atoms with E-state index in [0.29, 0.717) is 6.42 Å². The van der Waals surface area contributed by atoms with Gasteiger partial charge in [-0.15, -0.1) is 0 Å². The number of aliphatic hydroxyl groups is 1. The van der Waals surface area contributed by atoms with E-state index in [4.69, 9.17) is 4.74 Å². The smallest absolute Gasteiger partial charge is 0.205 e. The molecule has 19 heavy (non-hydrogen) atoms. The lowest BCUT2D eigenvalue weighted by atomic mass is 10.1. The summed E-state index contributed by atoms with van der Waals surface area (Å²) < 4.78 is 5.60. The van der Waals surface area contributed by atoms with E-state index in [0.717, 1.165) is 12.2 Å². The van der Waals surface area contributed by atoms with Crippen molar-refractivity contribution < 1.29 is 9.84 Å². The molecule has 0 bridgehead atoms. The van der Waals surface area contributed by atoms with Gasteiger partial charge < -0.3 is 9.84 Å². The topological polar surface area (TPSA) is 29.5 Å². The fraction of sp³-hybridized carbons (Fsp3) is 0.647. The van der Waals surface area contributed by atoms with Gasteiger partial charge in [-0.2, -0.15) is 0 Å². The highest BCUT2D eigenvalue weighted by atomic mass is 16.6. The number of hydrogen-bond donors (Lipinski definition) is 1. The molecule has 0 spiro atoms. The van der Waals surface area contributed by atoms with E-state index < -0.39 is 5.79 Å². The third-order valence-electron chi connectivity index (χ3n) is 3.33. The van der Waals surface area contributed by atoms with E-state index in [1.807, 2.05) is 30.3 Å². The van der Waals surface area contributed by atoms with Gasteiger partial charge in [0.05, 0.1) is 0 Å². The zero-order valence-corrected chi connectivity index (χ0v) is 12.4. The van der Waals surface area contributed by atoms with Crippen molar-refractivity contribution in [1.82, 2.24) is 0 Å². The standard InChI is InChI=1S/C17H28O2/c1-3-4-5-6-7-8-12-15-17(2,18)19-16-13-10-9-11-14-16/h9-11,13-14,18H,3-8,12,15H2,1-2H3. The largest absolute Gasteiger partial charge is 0.463 e. The normalized spacial score (nSPS) is 14.1. The molecule has 1 aromatic rings. The predicted molar refractivity (Wildman–Crippen MR) is 80.3 cm³/mol. The summed E-state index contributed by atoms with van der Waals surface area (Å²) >= 11 is 0. The average Bonchev–Trinajstić information content (AvgIpc) is 2.38. The minimum atomic E-state index is -1.05. The molecular formula is C17H28O2. The van der Waals surface area contributed by atoms with Crippen LogP contribution in [0.15, 0.2) is 30.3 Å². The second kappa shape index (κ2) is 8.98. The molecule has 1 rings (SSSR count). The van der Waals surface area contributed by atoms with Gasteiger partial charge in [0.1, 0.15) is 5.75 Å². The van der Waals surface area contributed by atoms with Gasteiger partial charge in [-0.3, -0.25) is 0 Å². The fourth-order valence-corrected chi connectivity index (χ4v) is 2.20. The third kappa shape index (κ3) is 7.89. The molecule has 0 aromatic heterocycles. The maximum Gasteiger partial charge on any atom is 0.205 e. The zero-order valence-electron chi connectivity index (χ0n) is 12.4. The molecule has 1 aromatic carbocycles. The average molecular weight is 264 g/mol. The number of rotatable bonds is 10. The number of benzene rings is 1. The van der Waals surface area contributed by atoms with Gasteiger partial charge in [0, 0.05) is 13.3 Å². The van der Waals surface area contributed by atoms with Crippen LogP contribution in [0.2, 0.25) is 0 Å². The van der Waals surface area contributed by atoms with Crippen LogP contribution in [-0.2, 0) is 0 Å². The van der Waals surface area contributed by atoms with E-state index in [1.165, 1.54) is 38.5 Å². The van der Waals surface area contributed by atoms with Crippen LogP contribution in [0.25, 0.3) is 0 Å². The third-order valence-corrected chi connectivity index (χ3v) is 3.33. The summed E-state index contributed by atoms with van der Waals surface area (Å²) in [5.74, 6) is -0.319. The van der Waals surface area contributed by atoms with E-state index in [1.54, 1.807) is 6.92 Å². The summed E-state index contributed by atoms with van der Waals surface area (Å²) in [6, 6.07) is 9.52. The molecule has 108 valence electrons. The Labute approximate surface area is 117 Å². The Bertz CT molecular complexity index is 319. The summed E-state index contributed by atoms with van der Waals surface area (Å²) in [4.78, 5) is 0. The molecule has 0 fully saturated rings. The lowest BCUT2D eigenvalue weighted by Crippen LogP contribution is -2.31. The van der Waals surface area contributed by atoms with Crippen molar-refractivity contribution in [3.8, 4) is 5.75 Å². The van der Waals surface area contributed by atoms with Gasteiger partial charge >= 0.3 is 0 Å². The first kappa shape index (κ1) is 16.0. The Hall–Kier alpha value is -1.02. The fourth-order valence-electron chi connectivity index (χ4n) is 2.20. The van der Waals surface area contributed by atoms with Gasteiger partial charge in [-0.1, -0.05) is 63.6 Å². The lowest BCUT2D eigenvalue weighted by molar-refractivity contribution is -0.127. The molecule has 0 aliphatic rings. The molecule has 0 amide bonds. The number of hydrogen-bond acceptors (Lipinski definition) is 2. The zero-order chi connectivity index (χ0) is 14.0. The van der Waals surface area contributed by atoms with Crippen LogP contribution in [0.4, 0.5) is 0 Å². The minimum absolute atomic E-state index is 0.690. The van der Waals surface area contributed by atoms with E-state index in [-0.39, 0.29) is 0 Å². The van der Waals surface area contributed by atoms with Crippen molar-refractivity contribution in [2.75, 3.05) is 0 Å². The molecular weight excluding hydrogens is 236 g/mol. The molecule has 0 saturated carbocycles. The van der Waals surface area contributed by atoms with Gasteiger partial charge in [-0.05, 0) is 18.6 Å². The Morgan fingerprint density at radius 2 is 1.53 bits per heavy atom. The maximum atomic E-state index is 10.2. The van der Waals surface area contributed by atoms with Crippen LogP contribution in [0.1, 0.15) is 65.2 Å². The maximum absolute atomic E-state index is 10.2. The van der Waals surface area contributed by atoms with Gasteiger partial charge in [0.25, 0.3) is 0 Å². The van der Waals surface area contributed by atoms with Crippen molar-refractivity contribution in [2.45, 2.75) is 71.0 Å². The first-order valence-corrected chi connectivity index (χ1v) is 7.60. The summed E-state index contributed by atoms with van der Waals surface area (Å²) in [6.45, 7) is 3.98. The van der Waals surface area contributed by atoms with Gasteiger partial charge in [0.2, 0.25) is 5.79 Å². The highest BCUT2D eigenvalue weighted by Gasteiger charge is 2.21. The molecule has 0 radical (unpaired) electrons. The second-order valence-electron chi connectivity index (χ2n) is 5.46. The van der Waals surface area contributed by atoms with Crippen molar-refractivity contribution in [3.05, 3.63) is 30.3 Å². The van der Waals surface area contributed by atoms with Crippen molar-refractivity contribution in [3.63, 3.8) is 0 Å². The lowest BCUT2D eigenvalue weighted by Gasteiger charge is -2.24. The second-order valence-corrected chi connectivity index (χ2v) is 5.46. The van der Waals surface area contributed by atoms with Crippen molar-refractivity contribution in [2.24, 2.45) is 0 Å². The number of ether oxygens (including phenoxy) is 1. The predicted octanol–water partition coefficient (Wildman–Crippen LogP) is 4.91. The van der Waals surface area contributed by atoms with Crippen LogP contribution in [0, 0.1) is 0 Å². The first-order chi connectivity index (χ1) is 9.14. The van der Waals surface area contributed by atoms with E-state index in [2.05, 4.69) is 6.92 Å². The Balaban J connectivity index is 2.13. The Morgan fingerprint density at radius 3 is 2.16 bits per heavy atom. The Morgan fingerprint density at radius 1 is 0.947 bits per heavy atom. The molecule has 0 aliphatic heterocycles. The molecule has 2 nitrogen and oxygen atoms in total. The number of para-hydroxylation sites is 1.